The Balaban J connectivity index is 0.00000121. The number of hydrogen-bond acceptors (Lipinski definition) is 3. The number of benzene rings is 1. The second kappa shape index (κ2) is 4.64. The molecule has 12 heavy (non-hydrogen) atoms. The van der Waals surface area contributed by atoms with Gasteiger partial charge < -0.3 is 0 Å². The monoisotopic (exact) mass is 214 g/mol. The van der Waals surface area contributed by atoms with Crippen LogP contribution in [0.15, 0.2) is 34.1 Å². The quantitative estimate of drug-likeness (QED) is 0.408. The van der Waals surface area contributed by atoms with Gasteiger partial charge in [-0.25, -0.2) is 0 Å². The average Bonchev–Trinajstić information content (AvgIpc) is 1.86. The van der Waals surface area contributed by atoms with Crippen LogP contribution >= 0.6 is 12.6 Å². The van der Waals surface area contributed by atoms with Crippen molar-refractivity contribution in [3.63, 3.8) is 0 Å². The van der Waals surface area contributed by atoms with E-state index in [2.05, 4.69) is 12.6 Å². The van der Waals surface area contributed by atoms with Crippen LogP contribution in [0.1, 0.15) is 0 Å². The van der Waals surface area contributed by atoms with E-state index in [-0.39, 0.29) is 34.5 Å². The summed E-state index contributed by atoms with van der Waals surface area (Å²) in [5.74, 6) is 0. The van der Waals surface area contributed by atoms with Crippen molar-refractivity contribution in [2.45, 2.75) is 9.79 Å². The summed E-state index contributed by atoms with van der Waals surface area (Å²) in [5.41, 5.74) is 0. The first-order valence-electron chi connectivity index (χ1n) is 2.77. The summed E-state index contributed by atoms with van der Waals surface area (Å²) in [7, 11) is -4.05. The topological polar surface area (TPSA) is 54.4 Å². The molecule has 0 unspecified atom stereocenters. The standard InChI is InChI=1S/C6H6O3S2.Na.H/c7-11(8,9)6-3-1-5(10)2-4-6;;/h1-4,10H,(H,7,8,9);;. The Morgan fingerprint density at radius 1 is 1.17 bits per heavy atom. The molecule has 1 aromatic carbocycles. The Hall–Kier alpha value is 0.480. The number of thiol groups is 1. The van der Waals surface area contributed by atoms with Gasteiger partial charge in [-0.2, -0.15) is 8.42 Å². The van der Waals surface area contributed by atoms with E-state index in [9.17, 15) is 8.42 Å². The van der Waals surface area contributed by atoms with Crippen LogP contribution in [0.2, 0.25) is 0 Å². The normalized spacial score (nSPS) is 10.5. The molecule has 0 aromatic heterocycles. The molecule has 0 fully saturated rings. The molecule has 1 rings (SSSR count). The third kappa shape index (κ3) is 3.47. The zero-order valence-corrected chi connectivity index (χ0v) is 7.14. The predicted molar refractivity (Wildman–Crippen MR) is 50.7 cm³/mol. The molecule has 0 heterocycles. The van der Waals surface area contributed by atoms with Crippen LogP contribution in [0.5, 0.6) is 0 Å². The molecule has 0 saturated carbocycles. The third-order valence-corrected chi connectivity index (χ3v) is 2.30. The summed E-state index contributed by atoms with van der Waals surface area (Å²) in [6, 6.07) is 5.56. The predicted octanol–water partition coefficient (Wildman–Crippen LogP) is 0.574. The molecule has 0 amide bonds. The van der Waals surface area contributed by atoms with Crippen molar-refractivity contribution in [1.82, 2.24) is 0 Å². The van der Waals surface area contributed by atoms with E-state index in [1.165, 1.54) is 24.3 Å². The van der Waals surface area contributed by atoms with Gasteiger partial charge in [0.1, 0.15) is 0 Å². The van der Waals surface area contributed by atoms with E-state index in [1.807, 2.05) is 0 Å². The molecule has 0 radical (unpaired) electrons. The van der Waals surface area contributed by atoms with Gasteiger partial charge in [-0.1, -0.05) is 0 Å². The zero-order valence-electron chi connectivity index (χ0n) is 5.43. The Morgan fingerprint density at radius 2 is 1.58 bits per heavy atom. The summed E-state index contributed by atoms with van der Waals surface area (Å²) in [6.07, 6.45) is 0. The van der Waals surface area contributed by atoms with Crippen molar-refractivity contribution in [2.24, 2.45) is 0 Å². The fourth-order valence-electron chi connectivity index (χ4n) is 0.618. The molecule has 0 bridgehead atoms. The molecule has 62 valence electrons. The van der Waals surface area contributed by atoms with Gasteiger partial charge >= 0.3 is 29.6 Å². The first kappa shape index (κ1) is 12.5. The van der Waals surface area contributed by atoms with Gasteiger partial charge in [0.2, 0.25) is 0 Å². The summed E-state index contributed by atoms with van der Waals surface area (Å²) in [5, 5.41) is 0. The van der Waals surface area contributed by atoms with Crippen molar-refractivity contribution in [2.75, 3.05) is 0 Å². The van der Waals surface area contributed by atoms with E-state index in [0.717, 1.165) is 0 Å². The summed E-state index contributed by atoms with van der Waals surface area (Å²) in [6.45, 7) is 0. The molecule has 1 aromatic rings. The van der Waals surface area contributed by atoms with Gasteiger partial charge in [0.25, 0.3) is 10.1 Å². The number of rotatable bonds is 1. The van der Waals surface area contributed by atoms with E-state index in [1.54, 1.807) is 0 Å². The third-order valence-electron chi connectivity index (χ3n) is 1.13. The molecule has 3 nitrogen and oxygen atoms in total. The summed E-state index contributed by atoms with van der Waals surface area (Å²) in [4.78, 5) is 0.535. The minimum absolute atomic E-state index is 0. The van der Waals surface area contributed by atoms with Crippen LogP contribution in [0.25, 0.3) is 0 Å². The maximum atomic E-state index is 10.5. The second-order valence-electron chi connectivity index (χ2n) is 1.97. The first-order valence-corrected chi connectivity index (χ1v) is 4.65. The van der Waals surface area contributed by atoms with Crippen LogP contribution < -0.4 is 0 Å². The van der Waals surface area contributed by atoms with E-state index < -0.39 is 10.1 Å². The molecule has 0 aliphatic rings. The molecule has 0 aliphatic carbocycles. The van der Waals surface area contributed by atoms with Gasteiger partial charge in [-0.3, -0.25) is 4.55 Å². The van der Waals surface area contributed by atoms with Gasteiger partial charge in [0, 0.05) is 4.90 Å². The van der Waals surface area contributed by atoms with Crippen LogP contribution in [0.4, 0.5) is 0 Å². The molecule has 0 saturated heterocycles. The Labute approximate surface area is 98.6 Å². The van der Waals surface area contributed by atoms with Crippen LogP contribution in [0, 0.1) is 0 Å². The fourth-order valence-corrected chi connectivity index (χ4v) is 1.25. The molecular weight excluding hydrogens is 207 g/mol. The fraction of sp³-hybridized carbons (Fsp3) is 0. The van der Waals surface area contributed by atoms with Gasteiger partial charge in [-0.05, 0) is 24.3 Å². The van der Waals surface area contributed by atoms with Crippen molar-refractivity contribution in [3.8, 4) is 0 Å². The molecule has 0 atom stereocenters. The maximum absolute atomic E-state index is 10.5. The minimum atomic E-state index is -4.05. The van der Waals surface area contributed by atoms with Crippen LogP contribution in [-0.4, -0.2) is 42.5 Å². The molecule has 0 aliphatic heterocycles. The Kier molecular flexibility index (Phi) is 4.83. The van der Waals surface area contributed by atoms with Crippen molar-refractivity contribution in [3.05, 3.63) is 24.3 Å². The van der Waals surface area contributed by atoms with E-state index >= 15 is 0 Å². The second-order valence-corrected chi connectivity index (χ2v) is 3.91. The summed E-state index contributed by atoms with van der Waals surface area (Å²) < 4.78 is 29.5. The zero-order chi connectivity index (χ0) is 8.48. The van der Waals surface area contributed by atoms with Crippen LogP contribution in [0.3, 0.4) is 0 Å². The van der Waals surface area contributed by atoms with Gasteiger partial charge in [0.15, 0.2) is 0 Å². The Bertz CT molecular complexity index is 344. The average molecular weight is 214 g/mol. The van der Waals surface area contributed by atoms with Gasteiger partial charge in [0.05, 0.1) is 4.90 Å². The van der Waals surface area contributed by atoms with Crippen molar-refractivity contribution < 1.29 is 13.0 Å². The van der Waals surface area contributed by atoms with Gasteiger partial charge in [-0.15, -0.1) is 12.6 Å². The van der Waals surface area contributed by atoms with Crippen molar-refractivity contribution >= 4 is 52.3 Å². The molecule has 1 N–H and O–H groups in total. The SMILES string of the molecule is O=S(=O)(O)c1ccc(S)cc1.[NaH]. The van der Waals surface area contributed by atoms with Crippen LogP contribution in [-0.2, 0) is 10.1 Å². The van der Waals surface area contributed by atoms with Crippen molar-refractivity contribution in [1.29, 1.82) is 0 Å². The molecule has 0 spiro atoms. The number of hydrogen-bond donors (Lipinski definition) is 2. The molecular formula is C6H7NaO3S2. The first-order chi connectivity index (χ1) is 5.00. The Morgan fingerprint density at radius 3 is 1.92 bits per heavy atom. The summed E-state index contributed by atoms with van der Waals surface area (Å²) >= 11 is 3.95. The van der Waals surface area contributed by atoms with E-state index in [0.29, 0.717) is 4.90 Å². The van der Waals surface area contributed by atoms with E-state index in [4.69, 9.17) is 4.55 Å². The molecule has 6 heteroatoms.